The van der Waals surface area contributed by atoms with Gasteiger partial charge >= 0.3 is 0 Å². The molecule has 1 heterocycles. The number of hydrogen-bond donors (Lipinski definition) is 3. The summed E-state index contributed by atoms with van der Waals surface area (Å²) in [7, 11) is 3.05. The molecule has 0 spiro atoms. The molecule has 3 N–H and O–H groups in total. The Bertz CT molecular complexity index is 616. The van der Waals surface area contributed by atoms with Crippen LogP contribution in [0.3, 0.4) is 0 Å². The number of benzene rings is 1. The minimum atomic E-state index is 0.0101. The standard InChI is InChI=1S/C21H36N4O3/c1-6-22-21(24-17-7-9-25(10-8-17)14-15(2)3)23-13-16-11-18(27-4)20(26)19(12-16)28-5/h11-12,15,17,26H,6-10,13-14H2,1-5H3,(H2,22,23,24). The first kappa shape index (κ1) is 22.1. The monoisotopic (exact) mass is 392 g/mol. The van der Waals surface area contributed by atoms with Crippen molar-refractivity contribution < 1.29 is 14.6 Å². The third-order valence-corrected chi connectivity index (χ3v) is 4.86. The Balaban J connectivity index is 1.99. The number of hydrogen-bond acceptors (Lipinski definition) is 5. The number of nitrogens with one attached hydrogen (secondary N) is 2. The van der Waals surface area contributed by atoms with Crippen LogP contribution in [0.5, 0.6) is 17.2 Å². The number of aliphatic imine (C=N–C) groups is 1. The zero-order valence-corrected chi connectivity index (χ0v) is 17.9. The van der Waals surface area contributed by atoms with Crippen molar-refractivity contribution in [2.45, 2.75) is 46.2 Å². The van der Waals surface area contributed by atoms with Gasteiger partial charge in [-0.1, -0.05) is 13.8 Å². The molecule has 7 heteroatoms. The van der Waals surface area contributed by atoms with E-state index in [1.165, 1.54) is 20.8 Å². The van der Waals surface area contributed by atoms with E-state index in [0.717, 1.165) is 44.0 Å². The summed E-state index contributed by atoms with van der Waals surface area (Å²) in [4.78, 5) is 7.26. The first-order chi connectivity index (χ1) is 13.5. The van der Waals surface area contributed by atoms with Gasteiger partial charge in [0.05, 0.1) is 20.8 Å². The molecular formula is C21H36N4O3. The molecule has 0 saturated carbocycles. The van der Waals surface area contributed by atoms with Crippen molar-refractivity contribution in [3.05, 3.63) is 17.7 Å². The summed E-state index contributed by atoms with van der Waals surface area (Å²) in [6.45, 7) is 11.3. The van der Waals surface area contributed by atoms with Crippen LogP contribution in [-0.2, 0) is 6.54 Å². The van der Waals surface area contributed by atoms with Crippen LogP contribution in [0.25, 0.3) is 0 Å². The molecule has 0 radical (unpaired) electrons. The topological polar surface area (TPSA) is 78.4 Å². The third kappa shape index (κ3) is 6.48. The predicted molar refractivity (Wildman–Crippen MR) is 113 cm³/mol. The number of methoxy groups -OCH3 is 2. The molecule has 158 valence electrons. The quantitative estimate of drug-likeness (QED) is 0.466. The Morgan fingerprint density at radius 2 is 1.82 bits per heavy atom. The lowest BCUT2D eigenvalue weighted by Crippen LogP contribution is -2.49. The molecule has 1 aromatic rings. The molecule has 0 aliphatic carbocycles. The normalized spacial score (nSPS) is 16.3. The van der Waals surface area contributed by atoms with Crippen molar-refractivity contribution in [1.82, 2.24) is 15.5 Å². The molecule has 1 saturated heterocycles. The highest BCUT2D eigenvalue weighted by Gasteiger charge is 2.20. The molecule has 2 rings (SSSR count). The average Bonchev–Trinajstić information content (AvgIpc) is 2.68. The van der Waals surface area contributed by atoms with Crippen molar-refractivity contribution in [3.63, 3.8) is 0 Å². The molecule has 28 heavy (non-hydrogen) atoms. The molecule has 1 aliphatic heterocycles. The van der Waals surface area contributed by atoms with Gasteiger partial charge in [-0.05, 0) is 43.4 Å². The first-order valence-electron chi connectivity index (χ1n) is 10.2. The van der Waals surface area contributed by atoms with Gasteiger partial charge in [-0.3, -0.25) is 0 Å². The SMILES string of the molecule is CCNC(=NCc1cc(OC)c(O)c(OC)c1)NC1CCN(CC(C)C)CC1. The second kappa shape index (κ2) is 11.0. The summed E-state index contributed by atoms with van der Waals surface area (Å²) in [6.07, 6.45) is 2.25. The molecule has 7 nitrogen and oxygen atoms in total. The van der Waals surface area contributed by atoms with Crippen LogP contribution in [0.1, 0.15) is 39.2 Å². The van der Waals surface area contributed by atoms with Gasteiger partial charge in [0.15, 0.2) is 17.5 Å². The molecule has 0 aromatic heterocycles. The molecule has 1 aromatic carbocycles. The van der Waals surface area contributed by atoms with Crippen molar-refractivity contribution in [2.24, 2.45) is 10.9 Å². The summed E-state index contributed by atoms with van der Waals surface area (Å²) < 4.78 is 10.5. The van der Waals surface area contributed by atoms with Crippen molar-refractivity contribution in [1.29, 1.82) is 0 Å². The highest BCUT2D eigenvalue weighted by Crippen LogP contribution is 2.37. The number of ether oxygens (including phenoxy) is 2. The first-order valence-corrected chi connectivity index (χ1v) is 10.2. The van der Waals surface area contributed by atoms with Gasteiger partial charge in [0.25, 0.3) is 0 Å². The highest BCUT2D eigenvalue weighted by molar-refractivity contribution is 5.80. The molecule has 0 unspecified atom stereocenters. The Morgan fingerprint density at radius 1 is 1.21 bits per heavy atom. The highest BCUT2D eigenvalue weighted by atomic mass is 16.5. The van der Waals surface area contributed by atoms with E-state index in [1.807, 2.05) is 0 Å². The van der Waals surface area contributed by atoms with Crippen molar-refractivity contribution >= 4 is 5.96 Å². The fraction of sp³-hybridized carbons (Fsp3) is 0.667. The summed E-state index contributed by atoms with van der Waals surface area (Å²) in [5, 5.41) is 16.9. The average molecular weight is 393 g/mol. The lowest BCUT2D eigenvalue weighted by molar-refractivity contribution is 0.187. The minimum Gasteiger partial charge on any atom is -0.502 e. The number of likely N-dealkylation sites (tertiary alicyclic amines) is 1. The number of nitrogens with zero attached hydrogens (tertiary/aromatic N) is 2. The van der Waals surface area contributed by atoms with Gasteiger partial charge in [-0.25, -0.2) is 4.99 Å². The molecule has 0 amide bonds. The van der Waals surface area contributed by atoms with Gasteiger partial charge in [0.2, 0.25) is 5.75 Å². The summed E-state index contributed by atoms with van der Waals surface area (Å²) in [5.74, 6) is 2.31. The number of rotatable bonds is 8. The Labute approximate surface area is 169 Å². The van der Waals surface area contributed by atoms with Crippen LogP contribution in [0.2, 0.25) is 0 Å². The Hall–Kier alpha value is -2.15. The predicted octanol–water partition coefficient (Wildman–Crippen LogP) is 2.58. The van der Waals surface area contributed by atoms with E-state index < -0.39 is 0 Å². The van der Waals surface area contributed by atoms with Crippen LogP contribution in [0, 0.1) is 5.92 Å². The number of phenols is 1. The van der Waals surface area contributed by atoms with Crippen LogP contribution in [-0.4, -0.2) is 62.4 Å². The maximum Gasteiger partial charge on any atom is 0.200 e. The van der Waals surface area contributed by atoms with Gasteiger partial charge in [0, 0.05) is 32.2 Å². The van der Waals surface area contributed by atoms with E-state index in [2.05, 4.69) is 36.3 Å². The molecular weight excluding hydrogens is 356 g/mol. The maximum absolute atomic E-state index is 10.1. The number of piperidine rings is 1. The van der Waals surface area contributed by atoms with Gasteiger partial charge in [0.1, 0.15) is 0 Å². The summed E-state index contributed by atoms with van der Waals surface area (Å²) in [6, 6.07) is 4.01. The van der Waals surface area contributed by atoms with Crippen LogP contribution in [0.15, 0.2) is 17.1 Å². The van der Waals surface area contributed by atoms with E-state index in [9.17, 15) is 5.11 Å². The smallest absolute Gasteiger partial charge is 0.200 e. The van der Waals surface area contributed by atoms with Crippen molar-refractivity contribution in [3.8, 4) is 17.2 Å². The van der Waals surface area contributed by atoms with Crippen LogP contribution >= 0.6 is 0 Å². The van der Waals surface area contributed by atoms with E-state index in [4.69, 9.17) is 14.5 Å². The van der Waals surface area contributed by atoms with E-state index >= 15 is 0 Å². The van der Waals surface area contributed by atoms with Crippen LogP contribution in [0.4, 0.5) is 0 Å². The van der Waals surface area contributed by atoms with Gasteiger partial charge in [-0.2, -0.15) is 0 Å². The van der Waals surface area contributed by atoms with Gasteiger partial charge < -0.3 is 30.1 Å². The largest absolute Gasteiger partial charge is 0.502 e. The summed E-state index contributed by atoms with van der Waals surface area (Å²) >= 11 is 0. The number of phenolic OH excluding ortho intramolecular Hbond substituents is 1. The zero-order chi connectivity index (χ0) is 20.5. The lowest BCUT2D eigenvalue weighted by atomic mass is 10.0. The van der Waals surface area contributed by atoms with E-state index in [1.54, 1.807) is 12.1 Å². The maximum atomic E-state index is 10.1. The Morgan fingerprint density at radius 3 is 2.32 bits per heavy atom. The van der Waals surface area contributed by atoms with E-state index in [0.29, 0.717) is 30.0 Å². The fourth-order valence-corrected chi connectivity index (χ4v) is 3.50. The third-order valence-electron chi connectivity index (χ3n) is 4.86. The van der Waals surface area contributed by atoms with Gasteiger partial charge in [-0.15, -0.1) is 0 Å². The molecule has 1 fully saturated rings. The van der Waals surface area contributed by atoms with E-state index in [-0.39, 0.29) is 5.75 Å². The molecule has 0 atom stereocenters. The molecule has 1 aliphatic rings. The number of guanidine groups is 1. The molecule has 0 bridgehead atoms. The lowest BCUT2D eigenvalue weighted by Gasteiger charge is -2.34. The Kier molecular flexibility index (Phi) is 8.70. The van der Waals surface area contributed by atoms with Crippen LogP contribution < -0.4 is 20.1 Å². The van der Waals surface area contributed by atoms with Crippen molar-refractivity contribution in [2.75, 3.05) is 40.4 Å². The zero-order valence-electron chi connectivity index (χ0n) is 17.9. The summed E-state index contributed by atoms with van der Waals surface area (Å²) in [5.41, 5.74) is 0.912. The minimum absolute atomic E-state index is 0.0101. The number of aromatic hydroxyl groups is 1. The second-order valence-electron chi connectivity index (χ2n) is 7.66. The fourth-order valence-electron chi connectivity index (χ4n) is 3.50. The second-order valence-corrected chi connectivity index (χ2v) is 7.66.